The summed E-state index contributed by atoms with van der Waals surface area (Å²) in [7, 11) is 1.65. The zero-order valence-corrected chi connectivity index (χ0v) is 11.1. The highest BCUT2D eigenvalue weighted by atomic mass is 32.2. The topological polar surface area (TPSA) is 22.1 Å². The summed E-state index contributed by atoms with van der Waals surface area (Å²) in [5, 5.41) is 0. The number of thioether (sulfide) groups is 1. The molecular weight excluding hydrogens is 242 g/mol. The van der Waals surface area contributed by atoms with Gasteiger partial charge in [0, 0.05) is 16.7 Å². The summed E-state index contributed by atoms with van der Waals surface area (Å²) >= 11 is 1.65. The van der Waals surface area contributed by atoms with E-state index in [-0.39, 0.29) is 0 Å². The van der Waals surface area contributed by atoms with Crippen LogP contribution >= 0.6 is 11.8 Å². The number of benzene rings is 1. The van der Waals surface area contributed by atoms with Crippen molar-refractivity contribution in [1.29, 1.82) is 0 Å². The van der Waals surface area contributed by atoms with Crippen molar-refractivity contribution >= 4 is 11.8 Å². The van der Waals surface area contributed by atoms with Crippen molar-refractivity contribution in [3.63, 3.8) is 0 Å². The lowest BCUT2D eigenvalue weighted by molar-refractivity contribution is 0.415. The van der Waals surface area contributed by atoms with Gasteiger partial charge in [-0.15, -0.1) is 11.8 Å². The van der Waals surface area contributed by atoms with Gasteiger partial charge in [-0.05, 0) is 48.6 Å². The first kappa shape index (κ1) is 12.5. The van der Waals surface area contributed by atoms with Crippen molar-refractivity contribution in [3.8, 4) is 17.6 Å². The first-order chi connectivity index (χ1) is 8.83. The average Bonchev–Trinajstić information content (AvgIpc) is 2.46. The quantitative estimate of drug-likeness (QED) is 0.607. The number of nitrogens with zero attached hydrogens (tertiary/aromatic N) is 1. The summed E-state index contributed by atoms with van der Waals surface area (Å²) in [6.07, 6.45) is 3.79. The standard InChI is InChI=1S/C15H13NOS/c1-17-13-8-5-12(6-9-13)7-10-14-15(18-2)4-3-11-16-14/h3-6,8-9,11H,1-2H3. The minimum atomic E-state index is 0.820. The molecule has 0 bridgehead atoms. The Morgan fingerprint density at radius 1 is 1.11 bits per heavy atom. The molecule has 3 heteroatoms. The van der Waals surface area contributed by atoms with E-state index in [2.05, 4.69) is 16.8 Å². The molecule has 0 aliphatic carbocycles. The van der Waals surface area contributed by atoms with E-state index in [0.717, 1.165) is 21.9 Å². The van der Waals surface area contributed by atoms with Crippen LogP contribution < -0.4 is 4.74 Å². The number of rotatable bonds is 2. The van der Waals surface area contributed by atoms with E-state index in [4.69, 9.17) is 4.74 Å². The lowest BCUT2D eigenvalue weighted by Gasteiger charge is -1.98. The van der Waals surface area contributed by atoms with Gasteiger partial charge in [0.1, 0.15) is 11.4 Å². The number of ether oxygens (including phenoxy) is 1. The van der Waals surface area contributed by atoms with Crippen LogP contribution in [-0.4, -0.2) is 18.3 Å². The highest BCUT2D eigenvalue weighted by Crippen LogP contribution is 2.17. The van der Waals surface area contributed by atoms with Crippen molar-refractivity contribution < 1.29 is 4.74 Å². The minimum absolute atomic E-state index is 0.820. The Morgan fingerprint density at radius 2 is 1.89 bits per heavy atom. The molecule has 0 amide bonds. The van der Waals surface area contributed by atoms with Crippen molar-refractivity contribution in [2.24, 2.45) is 0 Å². The summed E-state index contributed by atoms with van der Waals surface area (Å²) in [4.78, 5) is 5.38. The van der Waals surface area contributed by atoms with Gasteiger partial charge in [0.25, 0.3) is 0 Å². The van der Waals surface area contributed by atoms with Crippen LogP contribution in [0, 0.1) is 11.8 Å². The Labute approximate surface area is 111 Å². The molecule has 0 N–H and O–H groups in total. The van der Waals surface area contributed by atoms with Gasteiger partial charge in [-0.25, -0.2) is 4.98 Å². The Kier molecular flexibility index (Phi) is 4.27. The van der Waals surface area contributed by atoms with Crippen LogP contribution in [-0.2, 0) is 0 Å². The van der Waals surface area contributed by atoms with E-state index in [0.29, 0.717) is 0 Å². The molecule has 0 atom stereocenters. The largest absolute Gasteiger partial charge is 0.497 e. The maximum atomic E-state index is 5.10. The summed E-state index contributed by atoms with van der Waals surface area (Å²) < 4.78 is 5.10. The third kappa shape index (κ3) is 3.06. The van der Waals surface area contributed by atoms with E-state index in [1.807, 2.05) is 42.7 Å². The first-order valence-corrected chi connectivity index (χ1v) is 6.71. The lowest BCUT2D eigenvalue weighted by atomic mass is 10.2. The molecule has 0 aliphatic rings. The van der Waals surface area contributed by atoms with Crippen molar-refractivity contribution in [1.82, 2.24) is 4.98 Å². The third-order valence-corrected chi connectivity index (χ3v) is 3.18. The molecule has 1 aromatic carbocycles. The second kappa shape index (κ2) is 6.13. The Hall–Kier alpha value is -1.92. The molecule has 0 aliphatic heterocycles. The van der Waals surface area contributed by atoms with Gasteiger partial charge in [-0.2, -0.15) is 0 Å². The summed E-state index contributed by atoms with van der Waals surface area (Å²) in [6, 6.07) is 11.6. The normalized spacial score (nSPS) is 9.44. The van der Waals surface area contributed by atoms with Crippen molar-refractivity contribution in [2.45, 2.75) is 4.90 Å². The van der Waals surface area contributed by atoms with E-state index in [1.54, 1.807) is 25.1 Å². The molecule has 1 heterocycles. The van der Waals surface area contributed by atoms with Gasteiger partial charge < -0.3 is 4.74 Å². The fourth-order valence-corrected chi connectivity index (χ4v) is 1.97. The maximum Gasteiger partial charge on any atom is 0.127 e. The molecule has 2 rings (SSSR count). The molecule has 90 valence electrons. The number of aromatic nitrogens is 1. The minimum Gasteiger partial charge on any atom is -0.497 e. The summed E-state index contributed by atoms with van der Waals surface area (Å²) in [5.41, 5.74) is 1.77. The Bertz CT molecular complexity index is 581. The lowest BCUT2D eigenvalue weighted by Crippen LogP contribution is -1.85. The highest BCUT2D eigenvalue weighted by molar-refractivity contribution is 7.98. The van der Waals surface area contributed by atoms with E-state index in [9.17, 15) is 0 Å². The van der Waals surface area contributed by atoms with Crippen LogP contribution in [0.3, 0.4) is 0 Å². The molecule has 0 radical (unpaired) electrons. The van der Waals surface area contributed by atoms with Crippen LogP contribution in [0.5, 0.6) is 5.75 Å². The fraction of sp³-hybridized carbons (Fsp3) is 0.133. The van der Waals surface area contributed by atoms with Gasteiger partial charge in [-0.3, -0.25) is 0 Å². The summed E-state index contributed by atoms with van der Waals surface area (Å²) in [5.74, 6) is 7.04. The van der Waals surface area contributed by atoms with Crippen LogP contribution in [0.1, 0.15) is 11.3 Å². The van der Waals surface area contributed by atoms with E-state index < -0.39 is 0 Å². The molecule has 2 aromatic rings. The van der Waals surface area contributed by atoms with Crippen LogP contribution in [0.4, 0.5) is 0 Å². The zero-order chi connectivity index (χ0) is 12.8. The first-order valence-electron chi connectivity index (χ1n) is 5.48. The summed E-state index contributed by atoms with van der Waals surface area (Å²) in [6.45, 7) is 0. The second-order valence-corrected chi connectivity index (χ2v) is 4.38. The highest BCUT2D eigenvalue weighted by Gasteiger charge is 1.97. The molecule has 1 aromatic heterocycles. The zero-order valence-electron chi connectivity index (χ0n) is 10.3. The Morgan fingerprint density at radius 3 is 2.56 bits per heavy atom. The monoisotopic (exact) mass is 255 g/mol. The molecule has 18 heavy (non-hydrogen) atoms. The van der Waals surface area contributed by atoms with Crippen molar-refractivity contribution in [2.75, 3.05) is 13.4 Å². The van der Waals surface area contributed by atoms with Gasteiger partial charge in [0.05, 0.1) is 7.11 Å². The van der Waals surface area contributed by atoms with Crippen LogP contribution in [0.2, 0.25) is 0 Å². The molecule has 2 nitrogen and oxygen atoms in total. The second-order valence-electron chi connectivity index (χ2n) is 3.53. The van der Waals surface area contributed by atoms with Crippen LogP contribution in [0.15, 0.2) is 47.5 Å². The van der Waals surface area contributed by atoms with E-state index in [1.165, 1.54) is 0 Å². The number of hydrogen-bond acceptors (Lipinski definition) is 3. The predicted molar refractivity (Wildman–Crippen MR) is 75.0 cm³/mol. The average molecular weight is 255 g/mol. The smallest absolute Gasteiger partial charge is 0.127 e. The molecular formula is C15H13NOS. The number of hydrogen-bond donors (Lipinski definition) is 0. The van der Waals surface area contributed by atoms with Crippen LogP contribution in [0.25, 0.3) is 0 Å². The maximum absolute atomic E-state index is 5.10. The molecule has 0 spiro atoms. The van der Waals surface area contributed by atoms with Crippen molar-refractivity contribution in [3.05, 3.63) is 53.9 Å². The fourth-order valence-electron chi connectivity index (χ4n) is 1.45. The Balaban J connectivity index is 2.25. The molecule has 0 unspecified atom stereocenters. The number of pyridine rings is 1. The third-order valence-electron chi connectivity index (χ3n) is 2.41. The molecule has 0 fully saturated rings. The number of methoxy groups -OCH3 is 1. The molecule has 0 saturated heterocycles. The van der Waals surface area contributed by atoms with E-state index >= 15 is 0 Å². The molecule has 0 saturated carbocycles. The predicted octanol–water partition coefficient (Wildman–Crippen LogP) is 3.21. The van der Waals surface area contributed by atoms with Gasteiger partial charge in [-0.1, -0.05) is 5.92 Å². The van der Waals surface area contributed by atoms with Gasteiger partial charge in [0.15, 0.2) is 0 Å². The van der Waals surface area contributed by atoms with Gasteiger partial charge >= 0.3 is 0 Å². The van der Waals surface area contributed by atoms with Gasteiger partial charge in [0.2, 0.25) is 0 Å². The SMILES string of the molecule is COc1ccc(C#Cc2ncccc2SC)cc1.